The summed E-state index contributed by atoms with van der Waals surface area (Å²) in [5.41, 5.74) is 1.01. The minimum absolute atomic E-state index is 0.0133. The highest BCUT2D eigenvalue weighted by molar-refractivity contribution is 7.89. The van der Waals surface area contributed by atoms with Gasteiger partial charge in [-0.1, -0.05) is 42.7 Å². The smallest absolute Gasteiger partial charge is 0.277 e. The molecule has 1 amide bonds. The van der Waals surface area contributed by atoms with E-state index >= 15 is 0 Å². The van der Waals surface area contributed by atoms with Crippen molar-refractivity contribution in [2.45, 2.75) is 25.7 Å². The van der Waals surface area contributed by atoms with Crippen molar-refractivity contribution in [2.24, 2.45) is 0 Å². The summed E-state index contributed by atoms with van der Waals surface area (Å²) in [6, 6.07) is 12.9. The molecule has 2 aromatic carbocycles. The number of nitrogens with one attached hydrogen (secondary N) is 1. The molecular formula is C22H24ClN3O5S. The van der Waals surface area contributed by atoms with Crippen LogP contribution in [0.3, 0.4) is 0 Å². The first-order chi connectivity index (χ1) is 15.3. The van der Waals surface area contributed by atoms with Crippen molar-refractivity contribution >= 4 is 33.2 Å². The van der Waals surface area contributed by atoms with Gasteiger partial charge in [-0.15, -0.1) is 0 Å². The van der Waals surface area contributed by atoms with Gasteiger partial charge in [-0.05, 0) is 37.3 Å². The van der Waals surface area contributed by atoms with E-state index in [0.29, 0.717) is 36.0 Å². The lowest BCUT2D eigenvalue weighted by Gasteiger charge is -2.21. The van der Waals surface area contributed by atoms with Gasteiger partial charge >= 0.3 is 0 Å². The highest BCUT2D eigenvalue weighted by atomic mass is 35.5. The summed E-state index contributed by atoms with van der Waals surface area (Å²) in [5.74, 6) is 0.0635. The van der Waals surface area contributed by atoms with E-state index in [9.17, 15) is 13.2 Å². The number of aromatic nitrogens is 1. The van der Waals surface area contributed by atoms with Crippen molar-refractivity contribution in [3.05, 3.63) is 59.2 Å². The third kappa shape index (κ3) is 5.12. The number of halogens is 1. The monoisotopic (exact) mass is 477 g/mol. The Morgan fingerprint density at radius 2 is 1.88 bits per heavy atom. The molecule has 170 valence electrons. The van der Waals surface area contributed by atoms with Crippen molar-refractivity contribution in [1.29, 1.82) is 0 Å². The number of hydrogen-bond donors (Lipinski definition) is 1. The van der Waals surface area contributed by atoms with E-state index in [-0.39, 0.29) is 22.0 Å². The number of hydrogen-bond acceptors (Lipinski definition) is 6. The van der Waals surface area contributed by atoms with E-state index in [1.54, 1.807) is 51.1 Å². The standard InChI is InChI=1S/C22H24ClN3O5S/c1-4-26(5-2)32(28,29)21-13-17(10-11-19(21)30-6-3)24-22(27)18-14-20(31-25-18)15-8-7-9-16(23)12-15/h7-14H,4-6H2,1-3H3,(H,24,27). The molecule has 0 spiro atoms. The molecule has 0 radical (unpaired) electrons. The maximum Gasteiger partial charge on any atom is 0.277 e. The molecule has 3 rings (SSSR count). The van der Waals surface area contributed by atoms with E-state index in [0.717, 1.165) is 0 Å². The normalized spacial score (nSPS) is 11.5. The van der Waals surface area contributed by atoms with E-state index in [2.05, 4.69) is 10.5 Å². The molecule has 8 nitrogen and oxygen atoms in total. The number of carbonyl (C=O) groups excluding carboxylic acids is 1. The Kier molecular flexibility index (Phi) is 7.55. The van der Waals surface area contributed by atoms with Crippen molar-refractivity contribution in [2.75, 3.05) is 25.0 Å². The van der Waals surface area contributed by atoms with Crippen LogP contribution in [0.4, 0.5) is 5.69 Å². The minimum Gasteiger partial charge on any atom is -0.492 e. The van der Waals surface area contributed by atoms with Crippen LogP contribution < -0.4 is 10.1 Å². The molecule has 0 saturated heterocycles. The van der Waals surface area contributed by atoms with Crippen LogP contribution in [-0.2, 0) is 10.0 Å². The summed E-state index contributed by atoms with van der Waals surface area (Å²) in [6.45, 7) is 6.21. The maximum absolute atomic E-state index is 13.1. The fraction of sp³-hybridized carbons (Fsp3) is 0.273. The van der Waals surface area contributed by atoms with Crippen LogP contribution in [0.25, 0.3) is 11.3 Å². The number of carbonyl (C=O) groups is 1. The summed E-state index contributed by atoms with van der Waals surface area (Å²) in [6.07, 6.45) is 0. The second-order valence-electron chi connectivity index (χ2n) is 6.72. The van der Waals surface area contributed by atoms with Crippen LogP contribution in [0.2, 0.25) is 5.02 Å². The van der Waals surface area contributed by atoms with E-state index in [1.165, 1.54) is 22.5 Å². The number of anilines is 1. The molecule has 0 aliphatic heterocycles. The Morgan fingerprint density at radius 3 is 2.53 bits per heavy atom. The third-order valence-electron chi connectivity index (χ3n) is 4.68. The van der Waals surface area contributed by atoms with Crippen LogP contribution in [-0.4, -0.2) is 43.5 Å². The zero-order chi connectivity index (χ0) is 23.3. The molecule has 1 aromatic heterocycles. The maximum atomic E-state index is 13.1. The van der Waals surface area contributed by atoms with Gasteiger partial charge in [0.2, 0.25) is 10.0 Å². The molecule has 0 saturated carbocycles. The quantitative estimate of drug-likeness (QED) is 0.480. The van der Waals surface area contributed by atoms with Crippen LogP contribution in [0.1, 0.15) is 31.3 Å². The SMILES string of the molecule is CCOc1ccc(NC(=O)c2cc(-c3cccc(Cl)c3)on2)cc1S(=O)(=O)N(CC)CC. The minimum atomic E-state index is -3.80. The summed E-state index contributed by atoms with van der Waals surface area (Å²) < 4.78 is 38.3. The lowest BCUT2D eigenvalue weighted by atomic mass is 10.1. The number of sulfonamides is 1. The number of ether oxygens (including phenoxy) is 1. The second-order valence-corrected chi connectivity index (χ2v) is 9.07. The van der Waals surface area contributed by atoms with Gasteiger partial charge in [0.1, 0.15) is 10.6 Å². The van der Waals surface area contributed by atoms with Crippen molar-refractivity contribution in [1.82, 2.24) is 9.46 Å². The van der Waals surface area contributed by atoms with Gasteiger partial charge in [0, 0.05) is 35.4 Å². The van der Waals surface area contributed by atoms with Gasteiger partial charge < -0.3 is 14.6 Å². The van der Waals surface area contributed by atoms with Gasteiger partial charge in [0.25, 0.3) is 5.91 Å². The number of amides is 1. The molecular weight excluding hydrogens is 454 g/mol. The van der Waals surface area contributed by atoms with Crippen LogP contribution in [0.5, 0.6) is 5.75 Å². The van der Waals surface area contributed by atoms with Gasteiger partial charge in [-0.2, -0.15) is 4.31 Å². The zero-order valence-electron chi connectivity index (χ0n) is 18.0. The Balaban J connectivity index is 1.88. The van der Waals surface area contributed by atoms with Gasteiger partial charge in [0.05, 0.1) is 6.61 Å². The molecule has 0 fully saturated rings. The highest BCUT2D eigenvalue weighted by Crippen LogP contribution is 2.30. The average Bonchev–Trinajstić information content (AvgIpc) is 3.26. The lowest BCUT2D eigenvalue weighted by molar-refractivity contribution is 0.101. The third-order valence-corrected chi connectivity index (χ3v) is 6.98. The second kappa shape index (κ2) is 10.2. The fourth-order valence-electron chi connectivity index (χ4n) is 3.12. The molecule has 0 unspecified atom stereocenters. The van der Waals surface area contributed by atoms with Crippen LogP contribution in [0, 0.1) is 0 Å². The molecule has 10 heteroatoms. The molecule has 0 bridgehead atoms. The lowest BCUT2D eigenvalue weighted by Crippen LogP contribution is -2.31. The molecule has 3 aromatic rings. The molecule has 1 heterocycles. The van der Waals surface area contributed by atoms with Crippen molar-refractivity contribution in [3.63, 3.8) is 0 Å². The Hall–Kier alpha value is -2.88. The first-order valence-electron chi connectivity index (χ1n) is 10.1. The average molecular weight is 478 g/mol. The van der Waals surface area contributed by atoms with E-state index in [1.807, 2.05) is 0 Å². The highest BCUT2D eigenvalue weighted by Gasteiger charge is 2.26. The predicted octanol–water partition coefficient (Wildman–Crippen LogP) is 4.68. The summed E-state index contributed by atoms with van der Waals surface area (Å²) in [5, 5.41) is 7.00. The number of nitrogens with zero attached hydrogens (tertiary/aromatic N) is 2. The Labute approximate surface area is 192 Å². The molecule has 0 aliphatic carbocycles. The zero-order valence-corrected chi connectivity index (χ0v) is 19.5. The fourth-order valence-corrected chi connectivity index (χ4v) is 4.93. The molecule has 32 heavy (non-hydrogen) atoms. The van der Waals surface area contributed by atoms with Gasteiger partial charge in [-0.3, -0.25) is 4.79 Å². The first-order valence-corrected chi connectivity index (χ1v) is 11.9. The van der Waals surface area contributed by atoms with Crippen LogP contribution in [0.15, 0.2) is 57.9 Å². The summed E-state index contributed by atoms with van der Waals surface area (Å²) in [7, 11) is -3.80. The first kappa shape index (κ1) is 23.8. The Bertz CT molecular complexity index is 1210. The number of rotatable bonds is 9. The van der Waals surface area contributed by atoms with Gasteiger partial charge in [0.15, 0.2) is 11.5 Å². The van der Waals surface area contributed by atoms with E-state index < -0.39 is 15.9 Å². The van der Waals surface area contributed by atoms with Crippen molar-refractivity contribution < 1.29 is 22.5 Å². The molecule has 0 aliphatic rings. The predicted molar refractivity (Wildman–Crippen MR) is 123 cm³/mol. The topological polar surface area (TPSA) is 102 Å². The largest absolute Gasteiger partial charge is 0.492 e. The Morgan fingerprint density at radius 1 is 1.12 bits per heavy atom. The van der Waals surface area contributed by atoms with E-state index in [4.69, 9.17) is 20.9 Å². The van der Waals surface area contributed by atoms with Crippen LogP contribution >= 0.6 is 11.6 Å². The summed E-state index contributed by atoms with van der Waals surface area (Å²) >= 11 is 6.00. The molecule has 0 atom stereocenters. The number of benzene rings is 2. The summed E-state index contributed by atoms with van der Waals surface area (Å²) in [4.78, 5) is 12.7. The molecule has 1 N–H and O–H groups in total. The van der Waals surface area contributed by atoms with Gasteiger partial charge in [-0.25, -0.2) is 8.42 Å². The van der Waals surface area contributed by atoms with Crippen molar-refractivity contribution in [3.8, 4) is 17.1 Å².